The number of halogens is 2. The Bertz CT molecular complexity index is 609. The van der Waals surface area contributed by atoms with Gasteiger partial charge in [0, 0.05) is 12.6 Å². The van der Waals surface area contributed by atoms with Gasteiger partial charge in [0.05, 0.1) is 15.7 Å². The molecule has 0 aliphatic rings. The van der Waals surface area contributed by atoms with E-state index in [-0.39, 0.29) is 0 Å². The van der Waals surface area contributed by atoms with Crippen molar-refractivity contribution in [2.45, 2.75) is 20.8 Å². The van der Waals surface area contributed by atoms with Crippen LogP contribution in [0.25, 0.3) is 0 Å². The largest absolute Gasteiger partial charge is 0.370 e. The summed E-state index contributed by atoms with van der Waals surface area (Å²) in [5.41, 5.74) is 0.647. The summed E-state index contributed by atoms with van der Waals surface area (Å²) in [6, 6.07) is 7.20. The predicted octanol–water partition coefficient (Wildman–Crippen LogP) is 4.90. The third kappa shape index (κ3) is 4.48. The zero-order valence-corrected chi connectivity index (χ0v) is 13.8. The molecule has 4 nitrogen and oxygen atoms in total. The van der Waals surface area contributed by atoms with E-state index < -0.39 is 0 Å². The van der Waals surface area contributed by atoms with Crippen LogP contribution in [0.3, 0.4) is 0 Å². The Morgan fingerprint density at radius 3 is 2.33 bits per heavy atom. The van der Waals surface area contributed by atoms with Crippen LogP contribution in [-0.4, -0.2) is 16.5 Å². The monoisotopic (exact) mass is 324 g/mol. The van der Waals surface area contributed by atoms with Crippen LogP contribution in [0.15, 0.2) is 24.3 Å². The predicted molar refractivity (Wildman–Crippen MR) is 89.8 cm³/mol. The van der Waals surface area contributed by atoms with Gasteiger partial charge in [0.25, 0.3) is 0 Å². The number of nitrogens with one attached hydrogen (secondary N) is 2. The number of rotatable bonds is 5. The van der Waals surface area contributed by atoms with Gasteiger partial charge in [-0.3, -0.25) is 0 Å². The lowest BCUT2D eigenvalue weighted by Gasteiger charge is -2.13. The number of benzene rings is 1. The first-order valence-corrected chi connectivity index (χ1v) is 7.52. The van der Waals surface area contributed by atoms with Gasteiger partial charge in [-0.1, -0.05) is 43.1 Å². The van der Waals surface area contributed by atoms with Crippen LogP contribution < -0.4 is 10.6 Å². The van der Waals surface area contributed by atoms with Crippen molar-refractivity contribution < 1.29 is 0 Å². The third-order valence-corrected chi connectivity index (χ3v) is 3.38. The molecule has 0 saturated heterocycles. The summed E-state index contributed by atoms with van der Waals surface area (Å²) < 4.78 is 0. The highest BCUT2D eigenvalue weighted by molar-refractivity contribution is 6.39. The molecule has 0 radical (unpaired) electrons. The molecular formula is C15H18Cl2N4. The molecule has 0 unspecified atom stereocenters. The van der Waals surface area contributed by atoms with E-state index in [1.807, 2.05) is 13.0 Å². The molecule has 112 valence electrons. The molecule has 1 heterocycles. The van der Waals surface area contributed by atoms with Crippen LogP contribution in [0.4, 0.5) is 17.3 Å². The average molecular weight is 325 g/mol. The average Bonchev–Trinajstić information content (AvgIpc) is 2.40. The molecule has 2 N–H and O–H groups in total. The lowest BCUT2D eigenvalue weighted by Crippen LogP contribution is -2.10. The van der Waals surface area contributed by atoms with Gasteiger partial charge < -0.3 is 10.6 Å². The Hall–Kier alpha value is -1.52. The first kappa shape index (κ1) is 15.9. The maximum Gasteiger partial charge on any atom is 0.136 e. The van der Waals surface area contributed by atoms with Crippen molar-refractivity contribution in [3.63, 3.8) is 0 Å². The highest BCUT2D eigenvalue weighted by atomic mass is 35.5. The SMILES string of the molecule is Cc1nc(NCC(C)C)cc(Nc2c(Cl)cccc2Cl)n1. The standard InChI is InChI=1S/C15H18Cl2N4/c1-9(2)8-18-13-7-14(20-10(3)19-13)21-15-11(16)5-4-6-12(15)17/h4-7,9H,8H2,1-3H3,(H2,18,19,20,21). The Kier molecular flexibility index (Phi) is 5.26. The van der Waals surface area contributed by atoms with Crippen LogP contribution in [0, 0.1) is 12.8 Å². The molecule has 21 heavy (non-hydrogen) atoms. The minimum atomic E-state index is 0.537. The highest BCUT2D eigenvalue weighted by Crippen LogP contribution is 2.32. The van der Waals surface area contributed by atoms with Gasteiger partial charge in [0.15, 0.2) is 0 Å². The molecule has 0 fully saturated rings. The van der Waals surface area contributed by atoms with Crippen LogP contribution >= 0.6 is 23.2 Å². The van der Waals surface area contributed by atoms with Crippen molar-refractivity contribution in [3.05, 3.63) is 40.1 Å². The van der Waals surface area contributed by atoms with Gasteiger partial charge in [0.2, 0.25) is 0 Å². The van der Waals surface area contributed by atoms with Crippen LogP contribution in [-0.2, 0) is 0 Å². The molecule has 1 aromatic carbocycles. The summed E-state index contributed by atoms with van der Waals surface area (Å²) in [4.78, 5) is 8.72. The second-order valence-corrected chi connectivity index (χ2v) is 6.00. The second kappa shape index (κ2) is 6.96. The van der Waals surface area contributed by atoms with Gasteiger partial charge in [-0.25, -0.2) is 9.97 Å². The van der Waals surface area contributed by atoms with Crippen molar-refractivity contribution >= 4 is 40.5 Å². The summed E-state index contributed by atoms with van der Waals surface area (Å²) in [7, 11) is 0. The minimum absolute atomic E-state index is 0.537. The summed E-state index contributed by atoms with van der Waals surface area (Å²) in [5.74, 6) is 2.65. The Balaban J connectivity index is 2.24. The molecule has 2 aromatic rings. The third-order valence-electron chi connectivity index (χ3n) is 2.75. The highest BCUT2D eigenvalue weighted by Gasteiger charge is 2.08. The minimum Gasteiger partial charge on any atom is -0.370 e. The smallest absolute Gasteiger partial charge is 0.136 e. The fraction of sp³-hybridized carbons (Fsp3) is 0.333. The molecule has 0 saturated carbocycles. The molecule has 0 aliphatic heterocycles. The van der Waals surface area contributed by atoms with E-state index in [2.05, 4.69) is 34.4 Å². The number of aryl methyl sites for hydroxylation is 1. The lowest BCUT2D eigenvalue weighted by atomic mass is 10.2. The first-order valence-electron chi connectivity index (χ1n) is 6.76. The number of para-hydroxylation sites is 1. The van der Waals surface area contributed by atoms with E-state index in [1.54, 1.807) is 18.2 Å². The van der Waals surface area contributed by atoms with Gasteiger partial charge in [-0.2, -0.15) is 0 Å². The van der Waals surface area contributed by atoms with Gasteiger partial charge in [0.1, 0.15) is 17.5 Å². The van der Waals surface area contributed by atoms with Gasteiger partial charge >= 0.3 is 0 Å². The van der Waals surface area contributed by atoms with Crippen molar-refractivity contribution in [2.75, 3.05) is 17.2 Å². The first-order chi connectivity index (χ1) is 9.95. The molecule has 0 atom stereocenters. The molecule has 6 heteroatoms. The van der Waals surface area contributed by atoms with Crippen molar-refractivity contribution in [1.82, 2.24) is 9.97 Å². The summed E-state index contributed by atoms with van der Waals surface area (Å²) in [6.45, 7) is 6.98. The van der Waals surface area contributed by atoms with Crippen LogP contribution in [0.1, 0.15) is 19.7 Å². The van der Waals surface area contributed by atoms with E-state index in [0.717, 1.165) is 12.4 Å². The molecule has 0 aliphatic carbocycles. The fourth-order valence-electron chi connectivity index (χ4n) is 1.78. The summed E-state index contributed by atoms with van der Waals surface area (Å²) in [6.07, 6.45) is 0. The van der Waals surface area contributed by atoms with E-state index in [0.29, 0.717) is 33.3 Å². The molecule has 1 aromatic heterocycles. The molecule has 0 spiro atoms. The van der Waals surface area contributed by atoms with E-state index in [1.165, 1.54) is 0 Å². The normalized spacial score (nSPS) is 10.8. The Morgan fingerprint density at radius 1 is 1.10 bits per heavy atom. The molecule has 0 bridgehead atoms. The van der Waals surface area contributed by atoms with E-state index in [9.17, 15) is 0 Å². The Morgan fingerprint density at radius 2 is 1.71 bits per heavy atom. The van der Waals surface area contributed by atoms with Crippen LogP contribution in [0.5, 0.6) is 0 Å². The van der Waals surface area contributed by atoms with Crippen molar-refractivity contribution in [2.24, 2.45) is 5.92 Å². The number of nitrogens with zero attached hydrogens (tertiary/aromatic N) is 2. The quantitative estimate of drug-likeness (QED) is 0.820. The van der Waals surface area contributed by atoms with Gasteiger partial charge in [-0.15, -0.1) is 0 Å². The summed E-state index contributed by atoms with van der Waals surface area (Å²) in [5, 5.41) is 7.54. The maximum atomic E-state index is 6.16. The molecule has 0 amide bonds. The summed E-state index contributed by atoms with van der Waals surface area (Å²) >= 11 is 12.3. The number of hydrogen-bond acceptors (Lipinski definition) is 4. The fourth-order valence-corrected chi connectivity index (χ4v) is 2.27. The van der Waals surface area contributed by atoms with E-state index in [4.69, 9.17) is 23.2 Å². The Labute approximate surface area is 134 Å². The van der Waals surface area contributed by atoms with Gasteiger partial charge in [-0.05, 0) is 25.0 Å². The topological polar surface area (TPSA) is 49.8 Å². The maximum absolute atomic E-state index is 6.16. The molecule has 2 rings (SSSR count). The lowest BCUT2D eigenvalue weighted by molar-refractivity contribution is 0.686. The zero-order valence-electron chi connectivity index (χ0n) is 12.2. The van der Waals surface area contributed by atoms with E-state index >= 15 is 0 Å². The van der Waals surface area contributed by atoms with Crippen LogP contribution in [0.2, 0.25) is 10.0 Å². The van der Waals surface area contributed by atoms with Crippen molar-refractivity contribution in [1.29, 1.82) is 0 Å². The number of aromatic nitrogens is 2. The molecular weight excluding hydrogens is 307 g/mol. The zero-order chi connectivity index (χ0) is 15.4. The van der Waals surface area contributed by atoms with Crippen molar-refractivity contribution in [3.8, 4) is 0 Å². The second-order valence-electron chi connectivity index (χ2n) is 5.18. The number of anilines is 3. The number of hydrogen-bond donors (Lipinski definition) is 2.